The molecule has 0 spiro atoms. The van der Waals surface area contributed by atoms with Crippen molar-refractivity contribution in [2.75, 3.05) is 31.1 Å². The molecule has 120 valence electrons. The molecular formula is C19H23N3O. The molecule has 0 bridgehead atoms. The number of primary amides is 1. The van der Waals surface area contributed by atoms with Crippen LogP contribution in [-0.2, 0) is 6.54 Å². The van der Waals surface area contributed by atoms with Crippen LogP contribution in [0.5, 0.6) is 0 Å². The van der Waals surface area contributed by atoms with Crippen molar-refractivity contribution in [1.29, 1.82) is 0 Å². The lowest BCUT2D eigenvalue weighted by Gasteiger charge is -2.36. The molecule has 1 heterocycles. The number of hydrogen-bond donors (Lipinski definition) is 1. The zero-order valence-electron chi connectivity index (χ0n) is 13.5. The van der Waals surface area contributed by atoms with Crippen LogP contribution in [0.1, 0.15) is 21.5 Å². The summed E-state index contributed by atoms with van der Waals surface area (Å²) in [6, 6.07) is 16.3. The maximum Gasteiger partial charge on any atom is 0.248 e. The molecule has 1 fully saturated rings. The van der Waals surface area contributed by atoms with Gasteiger partial charge in [-0.15, -0.1) is 0 Å². The molecule has 1 amide bonds. The van der Waals surface area contributed by atoms with Crippen molar-refractivity contribution in [3.8, 4) is 0 Å². The molecule has 3 rings (SSSR count). The van der Waals surface area contributed by atoms with Gasteiger partial charge in [0.05, 0.1) is 0 Å². The van der Waals surface area contributed by atoms with Crippen LogP contribution < -0.4 is 10.6 Å². The van der Waals surface area contributed by atoms with Gasteiger partial charge in [0.25, 0.3) is 0 Å². The third-order valence-corrected chi connectivity index (χ3v) is 4.38. The minimum Gasteiger partial charge on any atom is -0.369 e. The first kappa shape index (κ1) is 15.6. The molecule has 2 N–H and O–H groups in total. The van der Waals surface area contributed by atoms with Crippen LogP contribution in [0.15, 0.2) is 48.5 Å². The van der Waals surface area contributed by atoms with Crippen molar-refractivity contribution in [1.82, 2.24) is 4.90 Å². The Labute approximate surface area is 137 Å². The van der Waals surface area contributed by atoms with E-state index < -0.39 is 0 Å². The van der Waals surface area contributed by atoms with E-state index in [2.05, 4.69) is 41.0 Å². The summed E-state index contributed by atoms with van der Waals surface area (Å²) in [5.74, 6) is -0.372. The molecule has 0 saturated carbocycles. The van der Waals surface area contributed by atoms with Crippen LogP contribution in [0.25, 0.3) is 0 Å². The molecule has 4 nitrogen and oxygen atoms in total. The summed E-state index contributed by atoms with van der Waals surface area (Å²) in [4.78, 5) is 16.0. The van der Waals surface area contributed by atoms with Crippen molar-refractivity contribution in [3.05, 3.63) is 65.2 Å². The second-order valence-electron chi connectivity index (χ2n) is 6.16. The molecule has 1 saturated heterocycles. The van der Waals surface area contributed by atoms with Crippen LogP contribution in [0.2, 0.25) is 0 Å². The lowest BCUT2D eigenvalue weighted by atomic mass is 10.1. The Morgan fingerprint density at radius 3 is 2.35 bits per heavy atom. The average Bonchev–Trinajstić information content (AvgIpc) is 2.56. The van der Waals surface area contributed by atoms with Gasteiger partial charge in [0.2, 0.25) is 5.91 Å². The summed E-state index contributed by atoms with van der Waals surface area (Å²) >= 11 is 0. The first-order valence-corrected chi connectivity index (χ1v) is 8.04. The number of aryl methyl sites for hydroxylation is 1. The second kappa shape index (κ2) is 6.84. The van der Waals surface area contributed by atoms with Gasteiger partial charge in [0.1, 0.15) is 0 Å². The predicted octanol–water partition coefficient (Wildman–Crippen LogP) is 2.42. The minimum atomic E-state index is -0.372. The number of rotatable bonds is 4. The highest BCUT2D eigenvalue weighted by Gasteiger charge is 2.17. The lowest BCUT2D eigenvalue weighted by molar-refractivity contribution is 0.100. The summed E-state index contributed by atoms with van der Waals surface area (Å²) in [6.07, 6.45) is 0. The third kappa shape index (κ3) is 3.90. The Bertz CT molecular complexity index is 673. The number of anilines is 1. The number of nitrogens with zero attached hydrogens (tertiary/aromatic N) is 2. The molecule has 0 atom stereocenters. The van der Waals surface area contributed by atoms with E-state index in [-0.39, 0.29) is 5.91 Å². The van der Waals surface area contributed by atoms with Gasteiger partial charge in [-0.1, -0.05) is 24.3 Å². The number of nitrogens with two attached hydrogens (primary N) is 1. The Hall–Kier alpha value is -2.33. The number of hydrogen-bond acceptors (Lipinski definition) is 3. The van der Waals surface area contributed by atoms with Crippen molar-refractivity contribution in [2.45, 2.75) is 13.5 Å². The van der Waals surface area contributed by atoms with Crippen LogP contribution in [0, 0.1) is 6.92 Å². The largest absolute Gasteiger partial charge is 0.369 e. The summed E-state index contributed by atoms with van der Waals surface area (Å²) in [6.45, 7) is 7.23. The first-order chi connectivity index (χ1) is 11.1. The fraction of sp³-hybridized carbons (Fsp3) is 0.316. The predicted molar refractivity (Wildman–Crippen MR) is 93.6 cm³/mol. The Balaban J connectivity index is 1.55. The minimum absolute atomic E-state index is 0.372. The van der Waals surface area contributed by atoms with Crippen LogP contribution in [-0.4, -0.2) is 37.0 Å². The molecular weight excluding hydrogens is 286 g/mol. The smallest absolute Gasteiger partial charge is 0.248 e. The van der Waals surface area contributed by atoms with E-state index in [0.29, 0.717) is 5.56 Å². The molecule has 0 unspecified atom stereocenters. The molecule has 1 aliphatic heterocycles. The Morgan fingerprint density at radius 2 is 1.74 bits per heavy atom. The van der Waals surface area contributed by atoms with Gasteiger partial charge in [0, 0.05) is 44.0 Å². The highest BCUT2D eigenvalue weighted by Crippen LogP contribution is 2.18. The van der Waals surface area contributed by atoms with E-state index in [9.17, 15) is 4.79 Å². The normalized spacial score (nSPS) is 15.6. The van der Waals surface area contributed by atoms with Gasteiger partial charge < -0.3 is 10.6 Å². The second-order valence-corrected chi connectivity index (χ2v) is 6.16. The fourth-order valence-electron chi connectivity index (χ4n) is 3.02. The highest BCUT2D eigenvalue weighted by atomic mass is 16.1. The monoisotopic (exact) mass is 309 g/mol. The van der Waals surface area contributed by atoms with Crippen molar-refractivity contribution < 1.29 is 4.79 Å². The average molecular weight is 309 g/mol. The SMILES string of the molecule is Cc1cccc(N2CCN(Cc3ccc(C(N)=O)cc3)CC2)c1. The standard InChI is InChI=1S/C19H23N3O/c1-15-3-2-4-18(13-15)22-11-9-21(10-12-22)14-16-5-7-17(8-6-16)19(20)23/h2-8,13H,9-12,14H2,1H3,(H2,20,23). The first-order valence-electron chi connectivity index (χ1n) is 8.04. The van der Waals surface area contributed by atoms with E-state index in [0.717, 1.165) is 32.7 Å². The number of carbonyl (C=O) groups is 1. The third-order valence-electron chi connectivity index (χ3n) is 4.38. The molecule has 23 heavy (non-hydrogen) atoms. The Morgan fingerprint density at radius 1 is 1.04 bits per heavy atom. The number of piperazine rings is 1. The Kier molecular flexibility index (Phi) is 4.63. The molecule has 2 aromatic rings. The fourth-order valence-corrected chi connectivity index (χ4v) is 3.02. The zero-order valence-corrected chi connectivity index (χ0v) is 13.5. The van der Waals surface area contributed by atoms with E-state index in [1.165, 1.54) is 16.8 Å². The quantitative estimate of drug-likeness (QED) is 0.943. The van der Waals surface area contributed by atoms with Crippen LogP contribution in [0.3, 0.4) is 0 Å². The van der Waals surface area contributed by atoms with E-state index in [1.807, 2.05) is 12.1 Å². The maximum absolute atomic E-state index is 11.1. The van der Waals surface area contributed by atoms with Crippen LogP contribution >= 0.6 is 0 Å². The van der Waals surface area contributed by atoms with Gasteiger partial charge >= 0.3 is 0 Å². The van der Waals surface area contributed by atoms with Gasteiger partial charge in [-0.2, -0.15) is 0 Å². The van der Waals surface area contributed by atoms with Gasteiger partial charge in [-0.05, 0) is 42.3 Å². The molecule has 0 radical (unpaired) electrons. The number of carbonyl (C=O) groups excluding carboxylic acids is 1. The summed E-state index contributed by atoms with van der Waals surface area (Å²) < 4.78 is 0. The van der Waals surface area contributed by atoms with Gasteiger partial charge in [-0.3, -0.25) is 9.69 Å². The molecule has 0 aromatic heterocycles. The van der Waals surface area contributed by atoms with Crippen molar-refractivity contribution in [3.63, 3.8) is 0 Å². The summed E-state index contributed by atoms with van der Waals surface area (Å²) in [5, 5.41) is 0. The molecule has 4 heteroatoms. The van der Waals surface area contributed by atoms with Gasteiger partial charge in [0.15, 0.2) is 0 Å². The maximum atomic E-state index is 11.1. The lowest BCUT2D eigenvalue weighted by Crippen LogP contribution is -2.45. The molecule has 2 aromatic carbocycles. The van der Waals surface area contributed by atoms with Crippen molar-refractivity contribution >= 4 is 11.6 Å². The number of amides is 1. The zero-order chi connectivity index (χ0) is 16.2. The highest BCUT2D eigenvalue weighted by molar-refractivity contribution is 5.92. The summed E-state index contributed by atoms with van der Waals surface area (Å²) in [7, 11) is 0. The number of benzene rings is 2. The van der Waals surface area contributed by atoms with Gasteiger partial charge in [-0.25, -0.2) is 0 Å². The van der Waals surface area contributed by atoms with Crippen molar-refractivity contribution in [2.24, 2.45) is 5.73 Å². The van der Waals surface area contributed by atoms with Crippen LogP contribution in [0.4, 0.5) is 5.69 Å². The van der Waals surface area contributed by atoms with E-state index >= 15 is 0 Å². The molecule has 0 aliphatic carbocycles. The summed E-state index contributed by atoms with van der Waals surface area (Å²) in [5.41, 5.74) is 9.68. The molecule has 1 aliphatic rings. The van der Waals surface area contributed by atoms with E-state index in [4.69, 9.17) is 5.73 Å². The topological polar surface area (TPSA) is 49.6 Å². The van der Waals surface area contributed by atoms with E-state index in [1.54, 1.807) is 12.1 Å².